The molecule has 6 aromatic rings. The van der Waals surface area contributed by atoms with E-state index in [-0.39, 0.29) is 30.2 Å². The molecule has 16 rings (SSSR count). The van der Waals surface area contributed by atoms with Crippen LogP contribution < -0.4 is 24.8 Å². The molecule has 0 spiro atoms. The first-order valence-corrected chi connectivity index (χ1v) is 33.5. The zero-order valence-corrected chi connectivity index (χ0v) is 46.3. The Balaban J connectivity index is 0.000000143. The van der Waals surface area contributed by atoms with Crippen molar-refractivity contribution >= 4 is 27.0 Å². The first-order valence-electron chi connectivity index (χ1n) is 27.3. The number of hydrogen-bond donors (Lipinski definition) is 0. The van der Waals surface area contributed by atoms with Crippen molar-refractivity contribution in [2.45, 2.75) is 165 Å². The molecule has 0 N–H and O–H groups in total. The molecule has 10 saturated carbocycles. The van der Waals surface area contributed by atoms with E-state index in [1.165, 1.54) is 185 Å². The number of hydrogen-bond acceptors (Lipinski definition) is 0. The van der Waals surface area contributed by atoms with Crippen LogP contribution in [0.5, 0.6) is 0 Å². The fourth-order valence-corrected chi connectivity index (χ4v) is 17.4. The molecule has 8 bridgehead atoms. The van der Waals surface area contributed by atoms with Gasteiger partial charge < -0.3 is 24.8 Å². The van der Waals surface area contributed by atoms with Gasteiger partial charge in [0.05, 0.1) is 0 Å². The summed E-state index contributed by atoms with van der Waals surface area (Å²) in [5.41, 5.74) is 13.3. The van der Waals surface area contributed by atoms with E-state index in [0.29, 0.717) is 10.8 Å². The second kappa shape index (κ2) is 20.7. The van der Waals surface area contributed by atoms with Gasteiger partial charge in [-0.05, 0) is 170 Å². The summed E-state index contributed by atoms with van der Waals surface area (Å²) in [4.78, 5) is 0. The van der Waals surface area contributed by atoms with Crippen LogP contribution in [-0.2, 0) is 47.0 Å². The molecule has 0 aromatic heterocycles. The maximum atomic E-state index is 2.50. The number of fused-ring (bicyclic) bond motifs is 2. The molecule has 0 unspecified atom stereocenters. The van der Waals surface area contributed by atoms with Crippen LogP contribution in [-0.4, -0.2) is 5.43 Å². The average molecular weight is 1040 g/mol. The van der Waals surface area contributed by atoms with Crippen molar-refractivity contribution in [3.05, 3.63) is 131 Å². The normalized spacial score (nSPS) is 29.9. The molecule has 6 aromatic carbocycles. The fourth-order valence-electron chi connectivity index (χ4n) is 17.4. The van der Waals surface area contributed by atoms with Gasteiger partial charge in [0, 0.05) is 0 Å². The summed E-state index contributed by atoms with van der Waals surface area (Å²) in [6, 6.07) is 43.5. The van der Waals surface area contributed by atoms with Gasteiger partial charge in [-0.1, -0.05) is 123 Å². The number of rotatable bonds is 8. The zero-order chi connectivity index (χ0) is 44.4. The molecular weight excluding hydrogens is 959 g/mol. The Morgan fingerprint density at radius 1 is 0.471 bits per heavy atom. The molecule has 0 amide bonds. The van der Waals surface area contributed by atoms with Crippen LogP contribution >= 0.6 is 0 Å². The van der Waals surface area contributed by atoms with Crippen molar-refractivity contribution in [3.8, 4) is 22.3 Å². The zero-order valence-electron chi connectivity index (χ0n) is 41.3. The summed E-state index contributed by atoms with van der Waals surface area (Å²) in [5.74, 6) is 7.93. The van der Waals surface area contributed by atoms with Crippen LogP contribution in [0.2, 0.25) is 13.1 Å². The molecular formula is C64H76Cl2SiZr-2. The van der Waals surface area contributed by atoms with E-state index in [0.717, 1.165) is 47.3 Å². The van der Waals surface area contributed by atoms with E-state index in [1.54, 1.807) is 45.6 Å². The molecule has 68 heavy (non-hydrogen) atoms. The van der Waals surface area contributed by atoms with Gasteiger partial charge in [-0.25, -0.2) is 0 Å². The van der Waals surface area contributed by atoms with Crippen LogP contribution in [0, 0.1) is 47.3 Å². The van der Waals surface area contributed by atoms with E-state index in [1.807, 2.05) is 0 Å². The van der Waals surface area contributed by atoms with Gasteiger partial charge in [0.1, 0.15) is 0 Å². The fraction of sp³-hybridized carbons (Fsp3) is 0.531. The predicted molar refractivity (Wildman–Crippen MR) is 278 cm³/mol. The predicted octanol–water partition coefficient (Wildman–Crippen LogP) is 11.6. The average Bonchev–Trinajstić information content (AvgIpc) is 4.15. The largest absolute Gasteiger partial charge is 1.00 e. The summed E-state index contributed by atoms with van der Waals surface area (Å²) in [5, 5.41) is 5.77. The molecule has 10 fully saturated rings. The summed E-state index contributed by atoms with van der Waals surface area (Å²) in [6.07, 6.45) is 31.9. The Morgan fingerprint density at radius 2 is 0.779 bits per heavy atom. The third-order valence-corrected chi connectivity index (χ3v) is 19.3. The van der Waals surface area contributed by atoms with Crippen molar-refractivity contribution in [2.24, 2.45) is 47.3 Å². The minimum atomic E-state index is 0. The minimum absolute atomic E-state index is 0. The maximum absolute atomic E-state index is 2.50. The number of halogens is 2. The van der Waals surface area contributed by atoms with E-state index in [9.17, 15) is 0 Å². The summed E-state index contributed by atoms with van der Waals surface area (Å²) in [7, 11) is 0. The molecule has 10 aliphatic carbocycles. The standard InChI is InChI=1S/2C31H35.C2H6Si.2ClH.Zr/c2*1-2-5-21(4-1)12-22-16-27-6-3-7-29(30(27)17-22)26-8-10-28(11-9-26)31-18-23-13-24(19-31)15-25(14-23)20-31;1-3-2;;;/h2*3,6-11,16-17,21,23-25H,1-2,4-5,12-15,18-20H2;1-2H3;2*1H;/q2*-1;;;;+2/p-2. The molecule has 0 saturated heterocycles. The first kappa shape index (κ1) is 49.4. The van der Waals surface area contributed by atoms with Crippen molar-refractivity contribution < 1.29 is 48.1 Å². The van der Waals surface area contributed by atoms with Crippen LogP contribution in [0.3, 0.4) is 0 Å². The molecule has 0 atom stereocenters. The van der Waals surface area contributed by atoms with Crippen molar-refractivity contribution in [3.63, 3.8) is 0 Å². The van der Waals surface area contributed by atoms with Gasteiger partial charge in [-0.3, -0.25) is 0 Å². The molecule has 0 aliphatic heterocycles. The van der Waals surface area contributed by atoms with Gasteiger partial charge >= 0.3 is 41.9 Å². The van der Waals surface area contributed by atoms with Crippen molar-refractivity contribution in [1.29, 1.82) is 0 Å². The molecule has 4 heteroatoms. The van der Waals surface area contributed by atoms with Gasteiger partial charge in [0.2, 0.25) is 0 Å². The Bertz CT molecular complexity index is 2410. The Kier molecular flexibility index (Phi) is 15.0. The summed E-state index contributed by atoms with van der Waals surface area (Å²) >= 11 is 1.74. The van der Waals surface area contributed by atoms with Crippen LogP contribution in [0.25, 0.3) is 43.8 Å². The number of benzene rings is 4. The smallest absolute Gasteiger partial charge is 0.00391 e. The van der Waals surface area contributed by atoms with Crippen LogP contribution in [0.1, 0.15) is 151 Å². The maximum Gasteiger partial charge on any atom is -0.00391 e. The van der Waals surface area contributed by atoms with Crippen LogP contribution in [0.4, 0.5) is 0 Å². The third kappa shape index (κ3) is 10.1. The molecule has 356 valence electrons. The van der Waals surface area contributed by atoms with Crippen LogP contribution in [0.15, 0.2) is 109 Å². The van der Waals surface area contributed by atoms with E-state index >= 15 is 0 Å². The molecule has 0 heterocycles. The van der Waals surface area contributed by atoms with Gasteiger partial charge in [-0.2, -0.15) is 12.1 Å². The van der Waals surface area contributed by atoms with Gasteiger partial charge in [0.15, 0.2) is 0 Å². The quantitative estimate of drug-likeness (QED) is 0.105. The SMILES string of the molecule is C[Si](C)=[Zr+2].[Cl-].[Cl-].c1cc(-c2ccc(C34CC5CC(CC(C5)C3)C4)cc2)c2cc(CC3CCCC3)[cH-]c2c1.c1cc(-c2ccc(C34CC5CC(CC(C5)C3)C4)cc2)c2cc(CC3CCCC3)[cH-]c2c1. The van der Waals surface area contributed by atoms with Gasteiger partial charge in [0.25, 0.3) is 0 Å². The Morgan fingerprint density at radius 3 is 1.09 bits per heavy atom. The molecule has 10 aliphatic rings. The van der Waals surface area contributed by atoms with E-state index in [2.05, 4.69) is 122 Å². The van der Waals surface area contributed by atoms with E-state index < -0.39 is 0 Å². The Labute approximate surface area is 437 Å². The molecule has 0 nitrogen and oxygen atoms in total. The summed E-state index contributed by atoms with van der Waals surface area (Å²) in [6.45, 7) is 4.62. The van der Waals surface area contributed by atoms with E-state index in [4.69, 9.17) is 0 Å². The Hall–Kier alpha value is -2.22. The minimum Gasteiger partial charge on any atom is -1.00 e. The third-order valence-electron chi connectivity index (χ3n) is 19.3. The van der Waals surface area contributed by atoms with Crippen molar-refractivity contribution in [2.75, 3.05) is 0 Å². The first-order chi connectivity index (χ1) is 32.2. The summed E-state index contributed by atoms with van der Waals surface area (Å²) < 4.78 is 0. The monoisotopic (exact) mass is 1030 g/mol. The van der Waals surface area contributed by atoms with Gasteiger partial charge in [-0.15, -0.1) is 69.1 Å². The topological polar surface area (TPSA) is 0 Å². The second-order valence-corrected chi connectivity index (χ2v) is 34.0. The second-order valence-electron chi connectivity index (χ2n) is 24.6. The molecule has 0 radical (unpaired) electrons. The van der Waals surface area contributed by atoms with Crippen molar-refractivity contribution in [1.82, 2.24) is 0 Å².